The molecule has 0 spiro atoms. The maximum Gasteiger partial charge on any atom is 0.354 e. The Morgan fingerprint density at radius 1 is 1.03 bits per heavy atom. The smallest absolute Gasteiger partial charge is 0.354 e. The highest BCUT2D eigenvalue weighted by atomic mass is 16.5. The second-order valence-electron chi connectivity index (χ2n) is 9.70. The lowest BCUT2D eigenvalue weighted by molar-refractivity contribution is -0.0592. The van der Waals surface area contributed by atoms with E-state index in [1.54, 1.807) is 12.1 Å². The molecule has 0 radical (unpaired) electrons. The van der Waals surface area contributed by atoms with Gasteiger partial charge in [-0.25, -0.2) is 19.7 Å². The average molecular weight is 513 g/mol. The number of fused-ring (bicyclic) bond motifs is 2. The van der Waals surface area contributed by atoms with E-state index in [4.69, 9.17) is 14.7 Å². The maximum absolute atomic E-state index is 12.8. The molecule has 0 unspecified atom stereocenters. The first-order chi connectivity index (χ1) is 18.5. The second kappa shape index (κ2) is 10.3. The van der Waals surface area contributed by atoms with E-state index in [-0.39, 0.29) is 17.7 Å². The highest BCUT2D eigenvalue weighted by molar-refractivity contribution is 5.92. The molecule has 2 aliphatic rings. The Bertz CT molecular complexity index is 1500. The summed E-state index contributed by atoms with van der Waals surface area (Å²) in [7, 11) is 0. The number of nitrogens with one attached hydrogen (secondary N) is 1. The number of carboxylic acid groups (broad SMARTS) is 1. The van der Waals surface area contributed by atoms with Crippen molar-refractivity contribution in [1.82, 2.24) is 29.7 Å². The molecule has 0 aliphatic carbocycles. The van der Waals surface area contributed by atoms with Gasteiger partial charge in [-0.1, -0.05) is 36.4 Å². The van der Waals surface area contributed by atoms with E-state index in [9.17, 15) is 14.7 Å². The van der Waals surface area contributed by atoms with Crippen LogP contribution >= 0.6 is 0 Å². The molecule has 1 amide bonds. The highest BCUT2D eigenvalue weighted by Crippen LogP contribution is 2.24. The third-order valence-corrected chi connectivity index (χ3v) is 7.10. The van der Waals surface area contributed by atoms with Gasteiger partial charge in [-0.3, -0.25) is 9.69 Å². The molecule has 10 heteroatoms. The van der Waals surface area contributed by atoms with Gasteiger partial charge in [0, 0.05) is 26.2 Å². The van der Waals surface area contributed by atoms with E-state index in [0.29, 0.717) is 43.0 Å². The summed E-state index contributed by atoms with van der Waals surface area (Å²) in [4.78, 5) is 40.4. The van der Waals surface area contributed by atoms with Gasteiger partial charge in [0.2, 0.25) is 0 Å². The van der Waals surface area contributed by atoms with Gasteiger partial charge in [0.25, 0.3) is 5.91 Å². The number of imidazole rings is 1. The number of ether oxygens (including phenoxy) is 1. The standard InChI is InChI=1S/C28H28N6O4/c35-27(29-14-18-4-2-1-3-5-18)22-7-6-19-10-12-33(16-24(19)30-22)17-25-31-21-8-9-23(28(36)37)32-26(21)34(25)15-20-11-13-38-20/h1-9,20H,10-17H2,(H,29,35)(H,36,37)/t20-/m0/s1. The van der Waals surface area contributed by atoms with E-state index in [0.717, 1.165) is 48.6 Å². The number of benzene rings is 1. The second-order valence-corrected chi connectivity index (χ2v) is 9.70. The van der Waals surface area contributed by atoms with Crippen molar-refractivity contribution in [3.63, 3.8) is 0 Å². The minimum Gasteiger partial charge on any atom is -0.477 e. The molecule has 1 aromatic carbocycles. The number of carboxylic acids is 1. The van der Waals surface area contributed by atoms with Crippen LogP contribution in [0.15, 0.2) is 54.6 Å². The van der Waals surface area contributed by atoms with Crippen LogP contribution in [0.1, 0.15) is 50.0 Å². The summed E-state index contributed by atoms with van der Waals surface area (Å²) < 4.78 is 7.64. The summed E-state index contributed by atoms with van der Waals surface area (Å²) in [6, 6.07) is 16.8. The Kier molecular flexibility index (Phi) is 6.57. The molecule has 3 aromatic heterocycles. The van der Waals surface area contributed by atoms with Gasteiger partial charge in [0.05, 0.1) is 24.9 Å². The van der Waals surface area contributed by atoms with Crippen LogP contribution < -0.4 is 5.32 Å². The largest absolute Gasteiger partial charge is 0.477 e. The van der Waals surface area contributed by atoms with E-state index < -0.39 is 5.97 Å². The van der Waals surface area contributed by atoms with Crippen molar-refractivity contribution in [3.8, 4) is 0 Å². The molecule has 194 valence electrons. The van der Waals surface area contributed by atoms with Crippen molar-refractivity contribution in [2.24, 2.45) is 0 Å². The number of nitrogens with zero attached hydrogens (tertiary/aromatic N) is 5. The number of hydrogen-bond donors (Lipinski definition) is 2. The molecule has 10 nitrogen and oxygen atoms in total. The number of rotatable bonds is 8. The summed E-state index contributed by atoms with van der Waals surface area (Å²) in [5, 5.41) is 12.4. The third-order valence-electron chi connectivity index (χ3n) is 7.10. The minimum atomic E-state index is -1.07. The molecule has 38 heavy (non-hydrogen) atoms. The topological polar surface area (TPSA) is 122 Å². The van der Waals surface area contributed by atoms with Crippen LogP contribution in [0.2, 0.25) is 0 Å². The van der Waals surface area contributed by atoms with Crippen LogP contribution in [0.25, 0.3) is 11.2 Å². The Labute approximate surface area is 219 Å². The molecule has 1 fully saturated rings. The van der Waals surface area contributed by atoms with Crippen LogP contribution in [-0.4, -0.2) is 60.7 Å². The molecule has 0 bridgehead atoms. The van der Waals surface area contributed by atoms with Gasteiger partial charge in [0.1, 0.15) is 17.0 Å². The lowest BCUT2D eigenvalue weighted by Gasteiger charge is -2.30. The molecular weight excluding hydrogens is 484 g/mol. The minimum absolute atomic E-state index is 0.00565. The van der Waals surface area contributed by atoms with Gasteiger partial charge >= 0.3 is 5.97 Å². The fourth-order valence-electron chi connectivity index (χ4n) is 4.91. The number of hydrogen-bond acceptors (Lipinski definition) is 7. The van der Waals surface area contributed by atoms with Crippen molar-refractivity contribution in [3.05, 3.63) is 88.6 Å². The molecule has 6 rings (SSSR count). The van der Waals surface area contributed by atoms with Crippen LogP contribution in [0, 0.1) is 0 Å². The predicted molar refractivity (Wildman–Crippen MR) is 139 cm³/mol. The van der Waals surface area contributed by atoms with Crippen LogP contribution in [0.3, 0.4) is 0 Å². The SMILES string of the molecule is O=C(O)c1ccc2nc(CN3CCc4ccc(C(=O)NCc5ccccc5)nc4C3)n(C[C@@H]3CCO3)c2n1. The first-order valence-electron chi connectivity index (χ1n) is 12.8. The molecule has 0 saturated carbocycles. The summed E-state index contributed by atoms with van der Waals surface area (Å²) in [6.45, 7) is 3.73. The Morgan fingerprint density at radius 3 is 2.61 bits per heavy atom. The van der Waals surface area contributed by atoms with E-state index in [1.165, 1.54) is 6.07 Å². The molecule has 1 atom stereocenters. The number of amides is 1. The van der Waals surface area contributed by atoms with Gasteiger partial charge in [-0.05, 0) is 42.2 Å². The Morgan fingerprint density at radius 2 is 1.84 bits per heavy atom. The fourth-order valence-corrected chi connectivity index (χ4v) is 4.91. The number of aromatic nitrogens is 4. The van der Waals surface area contributed by atoms with Gasteiger partial charge in [-0.15, -0.1) is 0 Å². The lowest BCUT2D eigenvalue weighted by atomic mass is 10.0. The maximum atomic E-state index is 12.8. The van der Waals surface area contributed by atoms with Crippen LogP contribution in [-0.2, 0) is 37.3 Å². The van der Waals surface area contributed by atoms with Crippen LogP contribution in [0.4, 0.5) is 0 Å². The lowest BCUT2D eigenvalue weighted by Crippen LogP contribution is -2.35. The molecule has 1 saturated heterocycles. The van der Waals surface area contributed by atoms with Crippen LogP contribution in [0.5, 0.6) is 0 Å². The third kappa shape index (κ3) is 5.00. The Balaban J connectivity index is 1.20. The first kappa shape index (κ1) is 24.2. The quantitative estimate of drug-likeness (QED) is 0.370. The van der Waals surface area contributed by atoms with Gasteiger partial charge in [0.15, 0.2) is 11.3 Å². The fraction of sp³-hybridized carbons (Fsp3) is 0.321. The van der Waals surface area contributed by atoms with Crippen molar-refractivity contribution in [2.75, 3.05) is 13.2 Å². The van der Waals surface area contributed by atoms with E-state index >= 15 is 0 Å². The summed E-state index contributed by atoms with van der Waals surface area (Å²) in [6.07, 6.45) is 1.84. The molecule has 5 heterocycles. The summed E-state index contributed by atoms with van der Waals surface area (Å²) in [5.74, 6) is -0.453. The predicted octanol–water partition coefficient (Wildman–Crippen LogP) is 2.80. The Hall–Kier alpha value is -4.15. The van der Waals surface area contributed by atoms with Crippen molar-refractivity contribution in [2.45, 2.75) is 45.1 Å². The number of carbonyl (C=O) groups excluding carboxylic acids is 1. The van der Waals surface area contributed by atoms with Gasteiger partial charge in [-0.2, -0.15) is 0 Å². The highest BCUT2D eigenvalue weighted by Gasteiger charge is 2.26. The normalized spacial score (nSPS) is 17.1. The zero-order chi connectivity index (χ0) is 26.1. The zero-order valence-electron chi connectivity index (χ0n) is 20.8. The molecule has 2 N–H and O–H groups in total. The van der Waals surface area contributed by atoms with Crippen molar-refractivity contribution < 1.29 is 19.4 Å². The number of carbonyl (C=O) groups is 2. The molecule has 2 aliphatic heterocycles. The molecular formula is C28H28N6O4. The zero-order valence-corrected chi connectivity index (χ0v) is 20.8. The first-order valence-corrected chi connectivity index (χ1v) is 12.8. The molecule has 4 aromatic rings. The number of aromatic carboxylic acids is 1. The number of pyridine rings is 2. The van der Waals surface area contributed by atoms with Crippen molar-refractivity contribution >= 4 is 23.0 Å². The van der Waals surface area contributed by atoms with E-state index in [1.807, 2.05) is 41.0 Å². The summed E-state index contributed by atoms with van der Waals surface area (Å²) >= 11 is 0. The average Bonchev–Trinajstić information content (AvgIpc) is 3.25. The van der Waals surface area contributed by atoms with Gasteiger partial charge < -0.3 is 19.7 Å². The van der Waals surface area contributed by atoms with E-state index in [2.05, 4.69) is 15.2 Å². The monoisotopic (exact) mass is 512 g/mol. The van der Waals surface area contributed by atoms with Crippen molar-refractivity contribution in [1.29, 1.82) is 0 Å². The summed E-state index contributed by atoms with van der Waals surface area (Å²) in [5.41, 5.74) is 4.69.